The van der Waals surface area contributed by atoms with Crippen LogP contribution in [0.15, 0.2) is 41.0 Å². The van der Waals surface area contributed by atoms with Gasteiger partial charge in [-0.25, -0.2) is 0 Å². The van der Waals surface area contributed by atoms with Gasteiger partial charge in [0.25, 0.3) is 0 Å². The second kappa shape index (κ2) is 4.79. The second-order valence-corrected chi connectivity index (χ2v) is 3.82. The molecule has 0 atom stereocenters. The van der Waals surface area contributed by atoms with Crippen LogP contribution >= 0.6 is 0 Å². The summed E-state index contributed by atoms with van der Waals surface area (Å²) in [5.41, 5.74) is 0.0105. The molecular formula is C13H9F3O3. The van der Waals surface area contributed by atoms with Gasteiger partial charge >= 0.3 is 6.36 Å². The van der Waals surface area contributed by atoms with Crippen molar-refractivity contribution in [3.8, 4) is 5.75 Å². The van der Waals surface area contributed by atoms with E-state index in [0.717, 1.165) is 6.07 Å². The Morgan fingerprint density at radius 1 is 1.26 bits per heavy atom. The molecule has 1 aromatic carbocycles. The molecule has 0 saturated carbocycles. The van der Waals surface area contributed by atoms with Gasteiger partial charge < -0.3 is 9.15 Å². The molecule has 3 nitrogen and oxygen atoms in total. The summed E-state index contributed by atoms with van der Waals surface area (Å²) in [6.07, 6.45) is -3.65. The average molecular weight is 270 g/mol. The Hall–Kier alpha value is -2.24. The van der Waals surface area contributed by atoms with Gasteiger partial charge in [0, 0.05) is 0 Å². The van der Waals surface area contributed by atoms with Crippen LogP contribution in [0.5, 0.6) is 5.75 Å². The van der Waals surface area contributed by atoms with Gasteiger partial charge in [-0.3, -0.25) is 4.79 Å². The van der Waals surface area contributed by atoms with Crippen LogP contribution in [0.4, 0.5) is 13.2 Å². The molecule has 0 radical (unpaired) electrons. The van der Waals surface area contributed by atoms with Crippen LogP contribution < -0.4 is 4.74 Å². The molecule has 19 heavy (non-hydrogen) atoms. The van der Waals surface area contributed by atoms with Gasteiger partial charge in [-0.15, -0.1) is 13.2 Å². The van der Waals surface area contributed by atoms with Crippen LogP contribution in [0.2, 0.25) is 0 Å². The van der Waals surface area contributed by atoms with Crippen LogP contribution in [0.3, 0.4) is 0 Å². The number of rotatable bonds is 3. The predicted molar refractivity (Wildman–Crippen MR) is 60.0 cm³/mol. The van der Waals surface area contributed by atoms with Crippen molar-refractivity contribution in [2.75, 3.05) is 0 Å². The molecule has 0 aliphatic rings. The highest BCUT2D eigenvalue weighted by Gasteiger charge is 2.33. The van der Waals surface area contributed by atoms with Crippen LogP contribution in [-0.2, 0) is 0 Å². The van der Waals surface area contributed by atoms with Crippen molar-refractivity contribution in [2.24, 2.45) is 0 Å². The van der Waals surface area contributed by atoms with Crippen molar-refractivity contribution in [3.05, 3.63) is 53.5 Å². The molecule has 0 amide bonds. The number of ether oxygens (including phenoxy) is 1. The van der Waals surface area contributed by atoms with Crippen molar-refractivity contribution >= 4 is 5.78 Å². The number of para-hydroxylation sites is 1. The topological polar surface area (TPSA) is 39.4 Å². The van der Waals surface area contributed by atoms with E-state index in [0.29, 0.717) is 5.76 Å². The molecule has 6 heteroatoms. The first kappa shape index (κ1) is 13.2. The van der Waals surface area contributed by atoms with Crippen molar-refractivity contribution < 1.29 is 27.1 Å². The molecule has 0 bridgehead atoms. The minimum atomic E-state index is -4.84. The largest absolute Gasteiger partial charge is 0.573 e. The molecule has 2 aromatic rings. The number of aryl methyl sites for hydroxylation is 1. The lowest BCUT2D eigenvalue weighted by Gasteiger charge is -2.11. The Kier molecular flexibility index (Phi) is 3.33. The summed E-state index contributed by atoms with van der Waals surface area (Å²) in [7, 11) is 0. The molecule has 0 aliphatic heterocycles. The maximum Gasteiger partial charge on any atom is 0.573 e. The highest BCUT2D eigenvalue weighted by molar-refractivity contribution is 6.10. The minimum absolute atomic E-state index is 0.166. The van der Waals surface area contributed by atoms with E-state index < -0.39 is 17.9 Å². The van der Waals surface area contributed by atoms with Crippen LogP contribution in [0.25, 0.3) is 0 Å². The summed E-state index contributed by atoms with van der Waals surface area (Å²) in [6.45, 7) is 1.63. The van der Waals surface area contributed by atoms with E-state index in [1.54, 1.807) is 6.92 Å². The summed E-state index contributed by atoms with van der Waals surface area (Å²) < 4.78 is 45.5. The minimum Gasteiger partial charge on any atom is -0.469 e. The number of alkyl halides is 3. The van der Waals surface area contributed by atoms with Crippen molar-refractivity contribution in [3.63, 3.8) is 0 Å². The highest BCUT2D eigenvalue weighted by Crippen LogP contribution is 2.28. The van der Waals surface area contributed by atoms with E-state index >= 15 is 0 Å². The average Bonchev–Trinajstić information content (AvgIpc) is 2.74. The van der Waals surface area contributed by atoms with E-state index in [-0.39, 0.29) is 11.1 Å². The third kappa shape index (κ3) is 3.15. The lowest BCUT2D eigenvalue weighted by molar-refractivity contribution is -0.274. The van der Waals surface area contributed by atoms with Gasteiger partial charge in [0.15, 0.2) is 5.78 Å². The van der Waals surface area contributed by atoms with Crippen LogP contribution in [0.1, 0.15) is 21.7 Å². The van der Waals surface area contributed by atoms with E-state index in [4.69, 9.17) is 4.42 Å². The zero-order valence-electron chi connectivity index (χ0n) is 9.82. The fourth-order valence-electron chi connectivity index (χ4n) is 1.59. The maximum absolute atomic E-state index is 12.2. The third-order valence-corrected chi connectivity index (χ3v) is 2.35. The smallest absolute Gasteiger partial charge is 0.469 e. The van der Waals surface area contributed by atoms with E-state index in [1.165, 1.54) is 30.5 Å². The first-order valence-corrected chi connectivity index (χ1v) is 5.31. The van der Waals surface area contributed by atoms with Crippen LogP contribution in [-0.4, -0.2) is 12.1 Å². The third-order valence-electron chi connectivity index (χ3n) is 2.35. The first-order chi connectivity index (χ1) is 8.87. The Balaban J connectivity index is 2.37. The van der Waals surface area contributed by atoms with Gasteiger partial charge in [-0.2, -0.15) is 0 Å². The normalized spacial score (nSPS) is 11.4. The summed E-state index contributed by atoms with van der Waals surface area (Å²) in [6, 6.07) is 6.63. The Bertz CT molecular complexity index is 599. The summed E-state index contributed by atoms with van der Waals surface area (Å²) in [5, 5.41) is 0. The van der Waals surface area contributed by atoms with Gasteiger partial charge in [0.2, 0.25) is 0 Å². The number of carbonyl (C=O) groups excluding carboxylic acids is 1. The Morgan fingerprint density at radius 3 is 2.53 bits per heavy atom. The molecule has 1 heterocycles. The van der Waals surface area contributed by atoms with E-state index in [1.807, 2.05) is 0 Å². The quantitative estimate of drug-likeness (QED) is 0.798. The molecule has 2 rings (SSSR count). The van der Waals surface area contributed by atoms with Gasteiger partial charge in [-0.05, 0) is 25.1 Å². The number of hydrogen-bond acceptors (Lipinski definition) is 3. The SMILES string of the molecule is Cc1cc(C(=O)c2ccccc2OC(F)(F)F)co1. The number of benzene rings is 1. The molecule has 0 N–H and O–H groups in total. The maximum atomic E-state index is 12.2. The molecule has 0 spiro atoms. The van der Waals surface area contributed by atoms with Gasteiger partial charge in [-0.1, -0.05) is 12.1 Å². The molecule has 0 saturated heterocycles. The predicted octanol–water partition coefficient (Wildman–Crippen LogP) is 3.72. The standard InChI is InChI=1S/C13H9F3O3/c1-8-6-9(7-18-8)12(17)10-4-2-3-5-11(10)19-13(14,15)16/h2-7H,1H3. The van der Waals surface area contributed by atoms with Gasteiger partial charge in [0.1, 0.15) is 17.8 Å². The number of carbonyl (C=O) groups is 1. The first-order valence-electron chi connectivity index (χ1n) is 5.31. The molecule has 0 fully saturated rings. The van der Waals surface area contributed by atoms with E-state index in [9.17, 15) is 18.0 Å². The highest BCUT2D eigenvalue weighted by atomic mass is 19.4. The Labute approximate surface area is 106 Å². The Morgan fingerprint density at radius 2 is 1.95 bits per heavy atom. The zero-order chi connectivity index (χ0) is 14.0. The van der Waals surface area contributed by atoms with Crippen molar-refractivity contribution in [2.45, 2.75) is 13.3 Å². The van der Waals surface area contributed by atoms with Gasteiger partial charge in [0.05, 0.1) is 11.1 Å². The number of halogens is 3. The van der Waals surface area contributed by atoms with Crippen molar-refractivity contribution in [1.29, 1.82) is 0 Å². The van der Waals surface area contributed by atoms with E-state index in [2.05, 4.69) is 4.74 Å². The lowest BCUT2D eigenvalue weighted by atomic mass is 10.0. The lowest BCUT2D eigenvalue weighted by Crippen LogP contribution is -2.19. The fourth-order valence-corrected chi connectivity index (χ4v) is 1.59. The monoisotopic (exact) mass is 270 g/mol. The van der Waals surface area contributed by atoms with Crippen molar-refractivity contribution in [1.82, 2.24) is 0 Å². The van der Waals surface area contributed by atoms with Crippen LogP contribution in [0, 0.1) is 6.92 Å². The summed E-state index contributed by atoms with van der Waals surface area (Å²) >= 11 is 0. The molecule has 100 valence electrons. The molecular weight excluding hydrogens is 261 g/mol. The number of furan rings is 1. The molecule has 0 unspecified atom stereocenters. The molecule has 1 aromatic heterocycles. The summed E-state index contributed by atoms with van der Waals surface area (Å²) in [5.74, 6) is -0.617. The summed E-state index contributed by atoms with van der Waals surface area (Å²) in [4.78, 5) is 12.1. The number of hydrogen-bond donors (Lipinski definition) is 0. The fraction of sp³-hybridized carbons (Fsp3) is 0.154. The number of ketones is 1. The molecule has 0 aliphatic carbocycles. The second-order valence-electron chi connectivity index (χ2n) is 3.82. The zero-order valence-corrected chi connectivity index (χ0v) is 9.82.